The topological polar surface area (TPSA) is 24.1 Å². The summed E-state index contributed by atoms with van der Waals surface area (Å²) >= 11 is 3.57. The van der Waals surface area contributed by atoms with Crippen LogP contribution in [0.2, 0.25) is 0 Å². The molecule has 0 fully saturated rings. The van der Waals surface area contributed by atoms with Crippen molar-refractivity contribution in [2.24, 2.45) is 0 Å². The molecule has 0 aliphatic rings. The van der Waals surface area contributed by atoms with Gasteiger partial charge in [-0.1, -0.05) is 47.5 Å². The fourth-order valence-electron chi connectivity index (χ4n) is 1.51. The Bertz CT molecular complexity index is 324. The highest BCUT2D eigenvalue weighted by Gasteiger charge is 1.99. The summed E-state index contributed by atoms with van der Waals surface area (Å²) in [5.74, 6) is 0. The van der Waals surface area contributed by atoms with E-state index in [0.717, 1.165) is 19.6 Å². The SMILES string of the molecule is Cc1ccc(Br)c(CNCCNC(C)C)c1. The summed E-state index contributed by atoms with van der Waals surface area (Å²) in [4.78, 5) is 0. The fourth-order valence-corrected chi connectivity index (χ4v) is 1.90. The smallest absolute Gasteiger partial charge is 0.0220 e. The Morgan fingerprint density at radius 3 is 2.69 bits per heavy atom. The van der Waals surface area contributed by atoms with Crippen molar-refractivity contribution in [2.45, 2.75) is 33.4 Å². The van der Waals surface area contributed by atoms with E-state index in [0.29, 0.717) is 6.04 Å². The molecule has 2 nitrogen and oxygen atoms in total. The van der Waals surface area contributed by atoms with E-state index < -0.39 is 0 Å². The molecule has 0 spiro atoms. The molecule has 0 saturated heterocycles. The van der Waals surface area contributed by atoms with Gasteiger partial charge in [-0.05, 0) is 18.6 Å². The average molecular weight is 285 g/mol. The molecule has 0 aliphatic carbocycles. The Morgan fingerprint density at radius 2 is 2.00 bits per heavy atom. The summed E-state index contributed by atoms with van der Waals surface area (Å²) in [7, 11) is 0. The molecule has 0 amide bonds. The van der Waals surface area contributed by atoms with E-state index in [4.69, 9.17) is 0 Å². The predicted molar refractivity (Wildman–Crippen MR) is 73.7 cm³/mol. The number of nitrogens with one attached hydrogen (secondary N) is 2. The van der Waals surface area contributed by atoms with Crippen LogP contribution < -0.4 is 10.6 Å². The van der Waals surface area contributed by atoms with Crippen LogP contribution in [0, 0.1) is 6.92 Å². The molecule has 0 bridgehead atoms. The van der Waals surface area contributed by atoms with Gasteiger partial charge in [0.15, 0.2) is 0 Å². The maximum absolute atomic E-state index is 3.57. The number of benzene rings is 1. The molecule has 0 unspecified atom stereocenters. The lowest BCUT2D eigenvalue weighted by molar-refractivity contribution is 0.555. The van der Waals surface area contributed by atoms with Crippen molar-refractivity contribution < 1.29 is 0 Å². The van der Waals surface area contributed by atoms with Crippen LogP contribution >= 0.6 is 15.9 Å². The van der Waals surface area contributed by atoms with E-state index in [2.05, 4.69) is 65.5 Å². The highest BCUT2D eigenvalue weighted by Crippen LogP contribution is 2.17. The van der Waals surface area contributed by atoms with Gasteiger partial charge in [0.2, 0.25) is 0 Å². The van der Waals surface area contributed by atoms with Crippen molar-refractivity contribution in [3.8, 4) is 0 Å². The van der Waals surface area contributed by atoms with Gasteiger partial charge in [0.05, 0.1) is 0 Å². The summed E-state index contributed by atoms with van der Waals surface area (Å²) in [6.45, 7) is 9.38. The highest BCUT2D eigenvalue weighted by atomic mass is 79.9. The van der Waals surface area contributed by atoms with Crippen LogP contribution in [-0.4, -0.2) is 19.1 Å². The van der Waals surface area contributed by atoms with Crippen molar-refractivity contribution in [2.75, 3.05) is 13.1 Å². The van der Waals surface area contributed by atoms with Crippen molar-refractivity contribution in [3.05, 3.63) is 33.8 Å². The van der Waals surface area contributed by atoms with Gasteiger partial charge in [-0.3, -0.25) is 0 Å². The van der Waals surface area contributed by atoms with E-state index in [9.17, 15) is 0 Å². The molecule has 16 heavy (non-hydrogen) atoms. The Balaban J connectivity index is 2.29. The molecule has 0 radical (unpaired) electrons. The zero-order chi connectivity index (χ0) is 12.0. The summed E-state index contributed by atoms with van der Waals surface area (Å²) in [6, 6.07) is 7.01. The normalized spacial score (nSPS) is 11.1. The standard InChI is InChI=1S/C13H21BrN2/c1-10(2)16-7-6-15-9-12-8-11(3)4-5-13(12)14/h4-5,8,10,15-16H,6-7,9H2,1-3H3. The predicted octanol–water partition coefficient (Wildman–Crippen LogP) is 2.85. The van der Waals surface area contributed by atoms with Gasteiger partial charge in [-0.2, -0.15) is 0 Å². The number of hydrogen-bond acceptors (Lipinski definition) is 2. The Morgan fingerprint density at radius 1 is 1.25 bits per heavy atom. The van der Waals surface area contributed by atoms with Crippen molar-refractivity contribution in [1.82, 2.24) is 10.6 Å². The minimum absolute atomic E-state index is 0.563. The lowest BCUT2D eigenvalue weighted by Crippen LogP contribution is -2.31. The summed E-state index contributed by atoms with van der Waals surface area (Å²) in [6.07, 6.45) is 0. The maximum atomic E-state index is 3.57. The van der Waals surface area contributed by atoms with Gasteiger partial charge in [0, 0.05) is 30.1 Å². The van der Waals surface area contributed by atoms with Gasteiger partial charge in [0.25, 0.3) is 0 Å². The molecule has 90 valence electrons. The lowest BCUT2D eigenvalue weighted by atomic mass is 10.1. The second kappa shape index (κ2) is 7.05. The third-order valence-corrected chi connectivity index (χ3v) is 3.14. The van der Waals surface area contributed by atoms with Crippen LogP contribution in [-0.2, 0) is 6.54 Å². The summed E-state index contributed by atoms with van der Waals surface area (Å²) in [5, 5.41) is 6.82. The number of halogens is 1. The molecular formula is C13H21BrN2. The Kier molecular flexibility index (Phi) is 6.03. The Labute approximate surface area is 107 Å². The van der Waals surface area contributed by atoms with Crippen molar-refractivity contribution >= 4 is 15.9 Å². The first-order valence-corrected chi connectivity index (χ1v) is 6.58. The van der Waals surface area contributed by atoms with Crippen molar-refractivity contribution in [3.63, 3.8) is 0 Å². The van der Waals surface area contributed by atoms with Crippen LogP contribution in [0.4, 0.5) is 0 Å². The first-order valence-electron chi connectivity index (χ1n) is 5.78. The third-order valence-electron chi connectivity index (χ3n) is 2.37. The second-order valence-electron chi connectivity index (χ2n) is 4.38. The zero-order valence-corrected chi connectivity index (χ0v) is 11.9. The van der Waals surface area contributed by atoms with Crippen LogP contribution in [0.5, 0.6) is 0 Å². The molecule has 3 heteroatoms. The van der Waals surface area contributed by atoms with Crippen molar-refractivity contribution in [1.29, 1.82) is 0 Å². The molecule has 2 N–H and O–H groups in total. The lowest BCUT2D eigenvalue weighted by Gasteiger charge is -2.10. The van der Waals surface area contributed by atoms with Crippen LogP contribution in [0.1, 0.15) is 25.0 Å². The van der Waals surface area contributed by atoms with Gasteiger partial charge < -0.3 is 10.6 Å². The van der Waals surface area contributed by atoms with E-state index in [1.165, 1.54) is 15.6 Å². The maximum Gasteiger partial charge on any atom is 0.0220 e. The molecule has 1 aromatic rings. The van der Waals surface area contributed by atoms with Crippen LogP contribution in [0.15, 0.2) is 22.7 Å². The van der Waals surface area contributed by atoms with Gasteiger partial charge >= 0.3 is 0 Å². The minimum Gasteiger partial charge on any atom is -0.313 e. The second-order valence-corrected chi connectivity index (χ2v) is 5.23. The third kappa shape index (κ3) is 5.10. The highest BCUT2D eigenvalue weighted by molar-refractivity contribution is 9.10. The molecular weight excluding hydrogens is 264 g/mol. The van der Waals surface area contributed by atoms with Crippen LogP contribution in [0.3, 0.4) is 0 Å². The van der Waals surface area contributed by atoms with E-state index >= 15 is 0 Å². The Hall–Kier alpha value is -0.380. The van der Waals surface area contributed by atoms with Gasteiger partial charge in [-0.15, -0.1) is 0 Å². The number of aryl methyl sites for hydroxylation is 1. The summed E-state index contributed by atoms with van der Waals surface area (Å²) in [5.41, 5.74) is 2.63. The minimum atomic E-state index is 0.563. The monoisotopic (exact) mass is 284 g/mol. The molecule has 1 rings (SSSR count). The van der Waals surface area contributed by atoms with Crippen LogP contribution in [0.25, 0.3) is 0 Å². The average Bonchev–Trinajstić information content (AvgIpc) is 2.22. The zero-order valence-electron chi connectivity index (χ0n) is 10.3. The molecule has 0 aliphatic heterocycles. The molecule has 0 saturated carbocycles. The molecule has 1 aromatic carbocycles. The number of rotatable bonds is 6. The fraction of sp³-hybridized carbons (Fsp3) is 0.538. The molecule has 0 atom stereocenters. The summed E-state index contributed by atoms with van der Waals surface area (Å²) < 4.78 is 1.18. The van der Waals surface area contributed by atoms with E-state index in [-0.39, 0.29) is 0 Å². The first kappa shape index (κ1) is 13.7. The molecule has 0 aromatic heterocycles. The molecule has 0 heterocycles. The van der Waals surface area contributed by atoms with Gasteiger partial charge in [-0.25, -0.2) is 0 Å². The van der Waals surface area contributed by atoms with E-state index in [1.54, 1.807) is 0 Å². The van der Waals surface area contributed by atoms with Gasteiger partial charge in [0.1, 0.15) is 0 Å². The quantitative estimate of drug-likeness (QED) is 0.785. The first-order chi connectivity index (χ1) is 7.59. The van der Waals surface area contributed by atoms with E-state index in [1.807, 2.05) is 0 Å². The number of hydrogen-bond donors (Lipinski definition) is 2. The largest absolute Gasteiger partial charge is 0.313 e.